The third-order valence-electron chi connectivity index (χ3n) is 2.10. The van der Waals surface area contributed by atoms with E-state index in [9.17, 15) is 4.79 Å². The summed E-state index contributed by atoms with van der Waals surface area (Å²) in [6.07, 6.45) is 0. The third-order valence-corrected chi connectivity index (χ3v) is 2.10. The zero-order valence-electron chi connectivity index (χ0n) is 10.2. The van der Waals surface area contributed by atoms with Crippen LogP contribution in [0.3, 0.4) is 0 Å². The van der Waals surface area contributed by atoms with Crippen molar-refractivity contribution in [1.82, 2.24) is 4.98 Å². The van der Waals surface area contributed by atoms with E-state index in [1.54, 1.807) is 26.0 Å². The molecule has 0 aromatic carbocycles. The van der Waals surface area contributed by atoms with Crippen molar-refractivity contribution < 1.29 is 14.3 Å². The Morgan fingerprint density at radius 1 is 1.59 bits per heavy atom. The van der Waals surface area contributed by atoms with Crippen molar-refractivity contribution in [3.8, 4) is 5.88 Å². The molecule has 1 heterocycles. The quantitative estimate of drug-likeness (QED) is 0.746. The first kappa shape index (κ1) is 13.1. The van der Waals surface area contributed by atoms with Crippen LogP contribution in [0.4, 0.5) is 11.5 Å². The maximum Gasteiger partial charge on any atom is 0.328 e. The number of methoxy groups -OCH3 is 1. The molecule has 0 saturated carbocycles. The van der Waals surface area contributed by atoms with Gasteiger partial charge in [-0.3, -0.25) is 0 Å². The van der Waals surface area contributed by atoms with E-state index in [1.807, 2.05) is 0 Å². The Morgan fingerprint density at radius 3 is 2.88 bits per heavy atom. The van der Waals surface area contributed by atoms with Gasteiger partial charge in [0, 0.05) is 6.07 Å². The molecular formula is C11H17N3O3. The van der Waals surface area contributed by atoms with Crippen LogP contribution in [0.5, 0.6) is 5.88 Å². The molecule has 3 N–H and O–H groups in total. The highest BCUT2D eigenvalue weighted by Crippen LogP contribution is 2.20. The van der Waals surface area contributed by atoms with Gasteiger partial charge in [0.15, 0.2) is 5.82 Å². The van der Waals surface area contributed by atoms with Crippen LogP contribution in [0.2, 0.25) is 0 Å². The number of aromatic nitrogens is 1. The number of hydrogen-bond donors (Lipinski definition) is 2. The first-order chi connectivity index (χ1) is 8.08. The van der Waals surface area contributed by atoms with Crippen LogP contribution in [0.25, 0.3) is 0 Å². The smallest absolute Gasteiger partial charge is 0.328 e. The molecule has 0 aliphatic heterocycles. The second kappa shape index (κ2) is 5.93. The Bertz CT molecular complexity index is 396. The average Bonchev–Trinajstić information content (AvgIpc) is 2.32. The monoisotopic (exact) mass is 239 g/mol. The van der Waals surface area contributed by atoms with Gasteiger partial charge in [-0.05, 0) is 19.9 Å². The van der Waals surface area contributed by atoms with Gasteiger partial charge < -0.3 is 20.5 Å². The lowest BCUT2D eigenvalue weighted by Crippen LogP contribution is -2.29. The number of pyridine rings is 1. The number of anilines is 2. The summed E-state index contributed by atoms with van der Waals surface area (Å²) in [6.45, 7) is 3.77. The second-order valence-corrected chi connectivity index (χ2v) is 3.41. The number of nitrogens with zero attached hydrogens (tertiary/aromatic N) is 1. The van der Waals surface area contributed by atoms with Gasteiger partial charge in [0.05, 0.1) is 19.4 Å². The molecule has 17 heavy (non-hydrogen) atoms. The Morgan fingerprint density at radius 2 is 2.29 bits per heavy atom. The Labute approximate surface area is 100 Å². The van der Waals surface area contributed by atoms with Gasteiger partial charge in [0.25, 0.3) is 0 Å². The van der Waals surface area contributed by atoms with E-state index in [0.717, 1.165) is 0 Å². The fourth-order valence-electron chi connectivity index (χ4n) is 1.21. The van der Waals surface area contributed by atoms with Gasteiger partial charge in [-0.1, -0.05) is 0 Å². The van der Waals surface area contributed by atoms with E-state index in [1.165, 1.54) is 7.11 Å². The minimum absolute atomic E-state index is 0.339. The largest absolute Gasteiger partial charge is 0.481 e. The minimum Gasteiger partial charge on any atom is -0.481 e. The van der Waals surface area contributed by atoms with Gasteiger partial charge in [-0.25, -0.2) is 4.79 Å². The molecule has 6 nitrogen and oxygen atoms in total. The average molecular weight is 239 g/mol. The van der Waals surface area contributed by atoms with Gasteiger partial charge in [0.2, 0.25) is 5.88 Å². The van der Waals surface area contributed by atoms with Crippen LogP contribution < -0.4 is 15.8 Å². The van der Waals surface area contributed by atoms with Crippen molar-refractivity contribution in [1.29, 1.82) is 0 Å². The highest BCUT2D eigenvalue weighted by molar-refractivity contribution is 5.80. The highest BCUT2D eigenvalue weighted by Gasteiger charge is 2.15. The number of nitrogens with one attached hydrogen (secondary N) is 1. The Balaban J connectivity index is 2.76. The molecule has 0 saturated heterocycles. The first-order valence-corrected chi connectivity index (χ1v) is 5.32. The molecule has 0 aliphatic carbocycles. The summed E-state index contributed by atoms with van der Waals surface area (Å²) in [6, 6.07) is 2.79. The number of hydrogen-bond acceptors (Lipinski definition) is 6. The fraction of sp³-hybridized carbons (Fsp3) is 0.455. The maximum absolute atomic E-state index is 11.4. The molecule has 0 bridgehead atoms. The van der Waals surface area contributed by atoms with E-state index in [4.69, 9.17) is 15.2 Å². The predicted octanol–water partition coefficient (Wildman–Crippen LogP) is 1.04. The molecule has 6 heteroatoms. The zero-order valence-corrected chi connectivity index (χ0v) is 10.2. The fourth-order valence-corrected chi connectivity index (χ4v) is 1.21. The van der Waals surface area contributed by atoms with Crippen molar-refractivity contribution in [2.24, 2.45) is 0 Å². The van der Waals surface area contributed by atoms with E-state index >= 15 is 0 Å². The Kier molecular flexibility index (Phi) is 4.56. The molecule has 0 radical (unpaired) electrons. The molecule has 0 spiro atoms. The molecule has 1 rings (SSSR count). The highest BCUT2D eigenvalue weighted by atomic mass is 16.5. The van der Waals surface area contributed by atoms with Crippen LogP contribution in [0.1, 0.15) is 13.8 Å². The second-order valence-electron chi connectivity index (χ2n) is 3.41. The molecule has 1 unspecified atom stereocenters. The number of carbonyl (C=O) groups excluding carboxylic acids is 1. The van der Waals surface area contributed by atoms with Crippen molar-refractivity contribution in [3.63, 3.8) is 0 Å². The number of nitrogens with two attached hydrogens (primary N) is 1. The third kappa shape index (κ3) is 3.51. The standard InChI is InChI=1S/C11H17N3O3/c1-4-17-11(15)7(2)13-10-8(12)5-6-9(14-10)16-3/h5-7H,4,12H2,1-3H3,(H,13,14). The molecule has 94 valence electrons. The maximum atomic E-state index is 11.4. The number of ether oxygens (including phenoxy) is 2. The lowest BCUT2D eigenvalue weighted by atomic mass is 10.3. The van der Waals surface area contributed by atoms with Crippen molar-refractivity contribution in [2.75, 3.05) is 24.8 Å². The van der Waals surface area contributed by atoms with Gasteiger partial charge in [-0.15, -0.1) is 0 Å². The normalized spacial score (nSPS) is 11.7. The lowest BCUT2D eigenvalue weighted by Gasteiger charge is -2.15. The van der Waals surface area contributed by atoms with Crippen LogP contribution in [-0.2, 0) is 9.53 Å². The number of rotatable bonds is 5. The van der Waals surface area contributed by atoms with Crippen LogP contribution in [0, 0.1) is 0 Å². The van der Waals surface area contributed by atoms with Crippen molar-refractivity contribution in [3.05, 3.63) is 12.1 Å². The summed E-state index contributed by atoms with van der Waals surface area (Å²) in [5, 5.41) is 2.88. The molecule has 0 fully saturated rings. The molecule has 1 atom stereocenters. The lowest BCUT2D eigenvalue weighted by molar-refractivity contribution is -0.143. The van der Waals surface area contributed by atoms with Gasteiger partial charge >= 0.3 is 5.97 Å². The van der Waals surface area contributed by atoms with Gasteiger partial charge in [0.1, 0.15) is 6.04 Å². The zero-order chi connectivity index (χ0) is 12.8. The summed E-state index contributed by atoms with van der Waals surface area (Å²) >= 11 is 0. The van der Waals surface area contributed by atoms with E-state index in [2.05, 4.69) is 10.3 Å². The Hall–Kier alpha value is -1.98. The summed E-state index contributed by atoms with van der Waals surface area (Å²) < 4.78 is 9.85. The predicted molar refractivity (Wildman–Crippen MR) is 64.9 cm³/mol. The van der Waals surface area contributed by atoms with Crippen molar-refractivity contribution >= 4 is 17.5 Å². The minimum atomic E-state index is -0.517. The van der Waals surface area contributed by atoms with E-state index < -0.39 is 6.04 Å². The topological polar surface area (TPSA) is 86.5 Å². The first-order valence-electron chi connectivity index (χ1n) is 5.32. The molecule has 1 aromatic heterocycles. The SMILES string of the molecule is CCOC(=O)C(C)Nc1nc(OC)ccc1N. The number of esters is 1. The summed E-state index contributed by atoms with van der Waals surface area (Å²) in [5.41, 5.74) is 6.18. The van der Waals surface area contributed by atoms with E-state index in [-0.39, 0.29) is 5.97 Å². The van der Waals surface area contributed by atoms with Crippen molar-refractivity contribution in [2.45, 2.75) is 19.9 Å². The summed E-state index contributed by atoms with van der Waals surface area (Å²) in [5.74, 6) is 0.485. The van der Waals surface area contributed by atoms with Crippen LogP contribution in [-0.4, -0.2) is 30.7 Å². The molecule has 1 aromatic rings. The van der Waals surface area contributed by atoms with Gasteiger partial charge in [-0.2, -0.15) is 4.98 Å². The summed E-state index contributed by atoms with van der Waals surface area (Å²) in [7, 11) is 1.51. The van der Waals surface area contributed by atoms with E-state index in [0.29, 0.717) is 24.0 Å². The summed E-state index contributed by atoms with van der Waals surface area (Å²) in [4.78, 5) is 15.5. The molecule has 0 aliphatic rings. The number of carbonyl (C=O) groups is 1. The molecule has 0 amide bonds. The number of nitrogen functional groups attached to an aromatic ring is 1. The van der Waals surface area contributed by atoms with Crippen LogP contribution >= 0.6 is 0 Å². The molecular weight excluding hydrogens is 222 g/mol. The van der Waals surface area contributed by atoms with Crippen LogP contribution in [0.15, 0.2) is 12.1 Å².